The van der Waals surface area contributed by atoms with Crippen molar-refractivity contribution in [2.24, 2.45) is 0 Å². The highest BCUT2D eigenvalue weighted by Crippen LogP contribution is 2.27. The molecule has 76 valence electrons. The van der Waals surface area contributed by atoms with Crippen molar-refractivity contribution in [2.75, 3.05) is 7.11 Å². The summed E-state index contributed by atoms with van der Waals surface area (Å²) in [6.45, 7) is 0. The van der Waals surface area contributed by atoms with Gasteiger partial charge in [0.1, 0.15) is 0 Å². The lowest BCUT2D eigenvalue weighted by atomic mass is 10.1. The molecule has 1 atom stereocenters. The molecule has 1 unspecified atom stereocenters. The van der Waals surface area contributed by atoms with Crippen molar-refractivity contribution in [1.82, 2.24) is 0 Å². The third-order valence-corrected chi connectivity index (χ3v) is 2.63. The monoisotopic (exact) mass is 278 g/mol. The summed E-state index contributed by atoms with van der Waals surface area (Å²) in [4.78, 5) is 11.0. The number of carbonyl (C=O) groups excluding carboxylic acids is 1. The fourth-order valence-corrected chi connectivity index (χ4v) is 1.61. The quantitative estimate of drug-likeness (QED) is 0.845. The van der Waals surface area contributed by atoms with Gasteiger partial charge < -0.3 is 9.84 Å². The van der Waals surface area contributed by atoms with Crippen LogP contribution in [0.2, 0.25) is 5.02 Å². The minimum atomic E-state index is -1.31. The lowest BCUT2D eigenvalue weighted by Gasteiger charge is -2.10. The molecule has 0 heterocycles. The summed E-state index contributed by atoms with van der Waals surface area (Å²) in [6.07, 6.45) is -1.31. The molecule has 0 aliphatic heterocycles. The molecule has 0 spiro atoms. The van der Waals surface area contributed by atoms with Crippen LogP contribution >= 0.6 is 27.5 Å². The highest BCUT2D eigenvalue weighted by atomic mass is 79.9. The second-order valence-electron chi connectivity index (χ2n) is 2.59. The van der Waals surface area contributed by atoms with E-state index in [9.17, 15) is 9.90 Å². The first-order valence-corrected chi connectivity index (χ1v) is 4.94. The third kappa shape index (κ3) is 2.47. The molecule has 0 aliphatic carbocycles. The van der Waals surface area contributed by atoms with Gasteiger partial charge in [-0.3, -0.25) is 0 Å². The zero-order valence-electron chi connectivity index (χ0n) is 7.33. The topological polar surface area (TPSA) is 46.5 Å². The molecule has 0 radical (unpaired) electrons. The van der Waals surface area contributed by atoms with Crippen LogP contribution in [-0.4, -0.2) is 18.2 Å². The number of hydrogen-bond donors (Lipinski definition) is 1. The van der Waals surface area contributed by atoms with E-state index in [0.717, 1.165) is 0 Å². The summed E-state index contributed by atoms with van der Waals surface area (Å²) in [5, 5.41) is 9.98. The number of esters is 1. The largest absolute Gasteiger partial charge is 0.467 e. The van der Waals surface area contributed by atoms with E-state index in [1.165, 1.54) is 13.2 Å². The standard InChI is InChI=1S/C9H8BrClO3/c1-14-9(13)8(12)6-4-5(11)2-3-7(6)10/h2-4,8,12H,1H3. The van der Waals surface area contributed by atoms with Crippen LogP contribution in [0, 0.1) is 0 Å². The number of aliphatic hydroxyl groups is 1. The molecular formula is C9H8BrClO3. The van der Waals surface area contributed by atoms with Gasteiger partial charge in [-0.1, -0.05) is 27.5 Å². The maximum Gasteiger partial charge on any atom is 0.339 e. The van der Waals surface area contributed by atoms with E-state index in [-0.39, 0.29) is 0 Å². The molecule has 1 rings (SSSR count). The molecule has 0 fully saturated rings. The zero-order chi connectivity index (χ0) is 10.7. The Bertz CT molecular complexity index is 354. The molecule has 14 heavy (non-hydrogen) atoms. The molecular weight excluding hydrogens is 271 g/mol. The summed E-state index contributed by atoms with van der Waals surface area (Å²) < 4.78 is 5.02. The van der Waals surface area contributed by atoms with Gasteiger partial charge in [-0.25, -0.2) is 4.79 Å². The molecule has 1 N–H and O–H groups in total. The van der Waals surface area contributed by atoms with Crippen LogP contribution in [0.4, 0.5) is 0 Å². The molecule has 0 saturated heterocycles. The highest BCUT2D eigenvalue weighted by Gasteiger charge is 2.20. The summed E-state index contributed by atoms with van der Waals surface area (Å²) in [7, 11) is 1.21. The molecule has 5 heteroatoms. The average molecular weight is 280 g/mol. The van der Waals surface area contributed by atoms with Crippen LogP contribution in [0.15, 0.2) is 22.7 Å². The van der Waals surface area contributed by atoms with Crippen LogP contribution in [-0.2, 0) is 9.53 Å². The van der Waals surface area contributed by atoms with Gasteiger partial charge in [0, 0.05) is 15.1 Å². The van der Waals surface area contributed by atoms with Gasteiger partial charge in [0.15, 0.2) is 6.10 Å². The molecule has 0 amide bonds. The second-order valence-corrected chi connectivity index (χ2v) is 3.88. The number of hydrogen-bond acceptors (Lipinski definition) is 3. The molecule has 1 aromatic carbocycles. The maximum atomic E-state index is 11.0. The van der Waals surface area contributed by atoms with Crippen LogP contribution in [0.5, 0.6) is 0 Å². The van der Waals surface area contributed by atoms with E-state index in [0.29, 0.717) is 15.1 Å². The lowest BCUT2D eigenvalue weighted by molar-refractivity contribution is -0.150. The van der Waals surface area contributed by atoms with Gasteiger partial charge >= 0.3 is 5.97 Å². The number of halogens is 2. The minimum Gasteiger partial charge on any atom is -0.467 e. The summed E-state index contributed by atoms with van der Waals surface area (Å²) >= 11 is 8.93. The van der Waals surface area contributed by atoms with Crippen molar-refractivity contribution in [2.45, 2.75) is 6.10 Å². The number of rotatable bonds is 2. The smallest absolute Gasteiger partial charge is 0.339 e. The Morgan fingerprint density at radius 3 is 2.86 bits per heavy atom. The lowest BCUT2D eigenvalue weighted by Crippen LogP contribution is -2.13. The summed E-state index contributed by atoms with van der Waals surface area (Å²) in [6, 6.07) is 4.82. The minimum absolute atomic E-state index is 0.393. The maximum absolute atomic E-state index is 11.0. The third-order valence-electron chi connectivity index (χ3n) is 1.68. The first-order chi connectivity index (χ1) is 6.56. The highest BCUT2D eigenvalue weighted by molar-refractivity contribution is 9.10. The molecule has 0 bridgehead atoms. The van der Waals surface area contributed by atoms with Crippen LogP contribution in [0.1, 0.15) is 11.7 Å². The van der Waals surface area contributed by atoms with E-state index in [2.05, 4.69) is 20.7 Å². The van der Waals surface area contributed by atoms with Crippen LogP contribution < -0.4 is 0 Å². The predicted octanol–water partition coefficient (Wildman–Crippen LogP) is 2.31. The Hall–Kier alpha value is -0.580. The van der Waals surface area contributed by atoms with E-state index >= 15 is 0 Å². The van der Waals surface area contributed by atoms with E-state index in [1.807, 2.05) is 0 Å². The number of ether oxygens (including phenoxy) is 1. The number of carbonyl (C=O) groups is 1. The van der Waals surface area contributed by atoms with E-state index in [4.69, 9.17) is 11.6 Å². The van der Waals surface area contributed by atoms with E-state index in [1.54, 1.807) is 12.1 Å². The van der Waals surface area contributed by atoms with Gasteiger partial charge in [-0.05, 0) is 18.2 Å². The number of aliphatic hydroxyl groups excluding tert-OH is 1. The fraction of sp³-hybridized carbons (Fsp3) is 0.222. The predicted molar refractivity (Wildman–Crippen MR) is 56.1 cm³/mol. The van der Waals surface area contributed by atoms with Crippen molar-refractivity contribution < 1.29 is 14.6 Å². The molecule has 1 aromatic rings. The Morgan fingerprint density at radius 1 is 1.64 bits per heavy atom. The second kappa shape index (κ2) is 4.77. The molecule has 0 aromatic heterocycles. The SMILES string of the molecule is COC(=O)C(O)c1cc(Cl)ccc1Br. The van der Waals surface area contributed by atoms with Gasteiger partial charge in [0.25, 0.3) is 0 Å². The fourth-order valence-electron chi connectivity index (χ4n) is 0.963. The average Bonchev–Trinajstić information content (AvgIpc) is 2.19. The van der Waals surface area contributed by atoms with E-state index < -0.39 is 12.1 Å². The molecule has 0 saturated carbocycles. The van der Waals surface area contributed by atoms with Gasteiger partial charge in [-0.15, -0.1) is 0 Å². The molecule has 3 nitrogen and oxygen atoms in total. The first-order valence-electron chi connectivity index (χ1n) is 3.77. The Morgan fingerprint density at radius 2 is 2.29 bits per heavy atom. The Kier molecular flexibility index (Phi) is 3.92. The van der Waals surface area contributed by atoms with Gasteiger partial charge in [0.2, 0.25) is 0 Å². The Balaban J connectivity index is 3.05. The van der Waals surface area contributed by atoms with Crippen molar-refractivity contribution in [3.05, 3.63) is 33.3 Å². The zero-order valence-corrected chi connectivity index (χ0v) is 9.67. The van der Waals surface area contributed by atoms with Gasteiger partial charge in [0.05, 0.1) is 7.11 Å². The number of methoxy groups -OCH3 is 1. The summed E-state index contributed by atoms with van der Waals surface area (Å²) in [5.41, 5.74) is 0.393. The first kappa shape index (κ1) is 11.5. The van der Waals surface area contributed by atoms with Crippen molar-refractivity contribution in [3.8, 4) is 0 Å². The van der Waals surface area contributed by atoms with Crippen LogP contribution in [0.3, 0.4) is 0 Å². The van der Waals surface area contributed by atoms with Gasteiger partial charge in [-0.2, -0.15) is 0 Å². The molecule has 0 aliphatic rings. The van der Waals surface area contributed by atoms with Crippen molar-refractivity contribution in [1.29, 1.82) is 0 Å². The van der Waals surface area contributed by atoms with Crippen molar-refractivity contribution >= 4 is 33.5 Å². The Labute approximate surface area is 94.8 Å². The van der Waals surface area contributed by atoms with Crippen LogP contribution in [0.25, 0.3) is 0 Å². The number of benzene rings is 1. The summed E-state index contributed by atoms with van der Waals surface area (Å²) in [5.74, 6) is -0.715. The normalized spacial score (nSPS) is 12.3. The van der Waals surface area contributed by atoms with Crippen molar-refractivity contribution in [3.63, 3.8) is 0 Å².